The molecule has 0 saturated carbocycles. The maximum atomic E-state index is 8.61. The van der Waals surface area contributed by atoms with Crippen LogP contribution in [0.4, 0.5) is 0 Å². The minimum Gasteiger partial charge on any atom is -0.462 e. The van der Waals surface area contributed by atoms with E-state index in [4.69, 9.17) is 79.4 Å². The lowest BCUT2D eigenvalue weighted by molar-refractivity contribution is 0.265. The van der Waals surface area contributed by atoms with E-state index >= 15 is 0 Å². The van der Waals surface area contributed by atoms with Gasteiger partial charge in [0.05, 0.1) is 6.61 Å². The lowest BCUT2D eigenvalue weighted by Crippen LogP contribution is -2.25. The van der Waals surface area contributed by atoms with Crippen molar-refractivity contribution < 1.29 is 9.84 Å². The largest absolute Gasteiger partial charge is 0.462 e. The summed E-state index contributed by atoms with van der Waals surface area (Å²) in [5, 5.41) is 11.5. The number of hydrogen-bond donors (Lipinski definition) is 2. The standard InChI is InChI=1S/C9H10Cl6N4O2/c10-8(11,12)5-17-6(9(13,14)15)19-7(18-5)21-4-2-16-1-3-20/h16,20H,1-4H2. The molecular weight excluding hydrogens is 409 g/mol. The van der Waals surface area contributed by atoms with Gasteiger partial charge in [0.2, 0.25) is 7.59 Å². The minimum absolute atomic E-state index is 0.0145. The van der Waals surface area contributed by atoms with Crippen LogP contribution >= 0.6 is 69.6 Å². The van der Waals surface area contributed by atoms with Crippen molar-refractivity contribution in [2.75, 3.05) is 26.3 Å². The van der Waals surface area contributed by atoms with Gasteiger partial charge in [-0.15, -0.1) is 0 Å². The Labute approximate surface area is 151 Å². The van der Waals surface area contributed by atoms with Crippen LogP contribution in [0.3, 0.4) is 0 Å². The maximum Gasteiger partial charge on any atom is 0.320 e. The topological polar surface area (TPSA) is 80.2 Å². The highest BCUT2D eigenvalue weighted by molar-refractivity contribution is 6.67. The molecule has 12 heteroatoms. The van der Waals surface area contributed by atoms with Gasteiger partial charge in [0, 0.05) is 13.1 Å². The number of nitrogens with zero attached hydrogens (tertiary/aromatic N) is 3. The highest BCUT2D eigenvalue weighted by Crippen LogP contribution is 2.40. The van der Waals surface area contributed by atoms with Crippen molar-refractivity contribution in [1.82, 2.24) is 20.3 Å². The second-order valence-corrected chi connectivity index (χ2v) is 8.15. The monoisotopic (exact) mass is 416 g/mol. The number of aliphatic hydroxyl groups excluding tert-OH is 1. The molecule has 0 aromatic carbocycles. The highest BCUT2D eigenvalue weighted by Gasteiger charge is 2.34. The molecule has 1 rings (SSSR count). The molecule has 0 spiro atoms. The lowest BCUT2D eigenvalue weighted by atomic mass is 10.6. The second kappa shape index (κ2) is 8.36. The van der Waals surface area contributed by atoms with Crippen LogP contribution in [0.2, 0.25) is 0 Å². The van der Waals surface area contributed by atoms with Crippen molar-refractivity contribution in [3.63, 3.8) is 0 Å². The van der Waals surface area contributed by atoms with Crippen molar-refractivity contribution in [2.24, 2.45) is 0 Å². The first kappa shape index (κ1) is 19.5. The number of nitrogens with one attached hydrogen (secondary N) is 1. The molecular formula is C9H10Cl6N4O2. The normalized spacial score (nSPS) is 12.5. The molecule has 0 atom stereocenters. The Morgan fingerprint density at radius 1 is 0.905 bits per heavy atom. The van der Waals surface area contributed by atoms with Crippen LogP contribution in [-0.4, -0.2) is 46.4 Å². The summed E-state index contributed by atoms with van der Waals surface area (Å²) in [4.78, 5) is 11.5. The molecule has 2 N–H and O–H groups in total. The van der Waals surface area contributed by atoms with Gasteiger partial charge >= 0.3 is 6.01 Å². The summed E-state index contributed by atoms with van der Waals surface area (Å²) in [7, 11) is 0. The van der Waals surface area contributed by atoms with Crippen molar-refractivity contribution in [3.05, 3.63) is 11.6 Å². The molecule has 0 radical (unpaired) electrons. The first-order chi connectivity index (χ1) is 9.64. The average molecular weight is 419 g/mol. The third-order valence-electron chi connectivity index (χ3n) is 1.92. The van der Waals surface area contributed by atoms with E-state index in [9.17, 15) is 0 Å². The molecule has 0 aliphatic rings. The Morgan fingerprint density at radius 2 is 1.43 bits per heavy atom. The van der Waals surface area contributed by atoms with Gasteiger partial charge in [-0.05, 0) is 0 Å². The highest BCUT2D eigenvalue weighted by atomic mass is 35.6. The van der Waals surface area contributed by atoms with E-state index in [-0.39, 0.29) is 30.9 Å². The fraction of sp³-hybridized carbons (Fsp3) is 0.667. The zero-order valence-corrected chi connectivity index (χ0v) is 14.8. The number of hydrogen-bond acceptors (Lipinski definition) is 6. The van der Waals surface area contributed by atoms with Gasteiger partial charge < -0.3 is 15.2 Å². The van der Waals surface area contributed by atoms with Crippen molar-refractivity contribution in [1.29, 1.82) is 0 Å². The van der Waals surface area contributed by atoms with Gasteiger partial charge in [0.1, 0.15) is 6.61 Å². The van der Waals surface area contributed by atoms with E-state index in [2.05, 4.69) is 20.3 Å². The quantitative estimate of drug-likeness (QED) is 0.545. The Kier molecular flexibility index (Phi) is 7.77. The molecule has 0 fully saturated rings. The van der Waals surface area contributed by atoms with Gasteiger partial charge in [-0.1, -0.05) is 69.6 Å². The predicted octanol–water partition coefficient (Wildman–Crippen LogP) is 2.49. The molecule has 1 aromatic rings. The zero-order valence-electron chi connectivity index (χ0n) is 10.3. The van der Waals surface area contributed by atoms with Crippen LogP contribution in [-0.2, 0) is 7.59 Å². The van der Waals surface area contributed by atoms with Gasteiger partial charge in [0.25, 0.3) is 0 Å². The molecule has 0 aliphatic heterocycles. The predicted molar refractivity (Wildman–Crippen MR) is 83.8 cm³/mol. The molecule has 0 saturated heterocycles. The van der Waals surface area contributed by atoms with E-state index in [1.807, 2.05) is 0 Å². The summed E-state index contributed by atoms with van der Waals surface area (Å²) in [6.07, 6.45) is 0. The van der Waals surface area contributed by atoms with Gasteiger partial charge in [0.15, 0.2) is 11.6 Å². The van der Waals surface area contributed by atoms with Crippen molar-refractivity contribution in [2.45, 2.75) is 7.59 Å². The van der Waals surface area contributed by atoms with Crippen molar-refractivity contribution >= 4 is 69.6 Å². The second-order valence-electron chi connectivity index (χ2n) is 3.58. The molecule has 0 unspecified atom stereocenters. The summed E-state index contributed by atoms with van der Waals surface area (Å²) >= 11 is 34.2. The van der Waals surface area contributed by atoms with Crippen LogP contribution in [0.1, 0.15) is 11.6 Å². The minimum atomic E-state index is -1.92. The van der Waals surface area contributed by atoms with Gasteiger partial charge in [-0.3, -0.25) is 0 Å². The molecule has 1 heterocycles. The first-order valence-corrected chi connectivity index (χ1v) is 7.76. The summed E-state index contributed by atoms with van der Waals surface area (Å²) in [5.41, 5.74) is 0. The fourth-order valence-electron chi connectivity index (χ4n) is 1.09. The molecule has 0 amide bonds. The number of aromatic nitrogens is 3. The van der Waals surface area contributed by atoms with Crippen LogP contribution < -0.4 is 10.1 Å². The molecule has 0 aliphatic carbocycles. The molecule has 120 valence electrons. The van der Waals surface area contributed by atoms with Gasteiger partial charge in [-0.2, -0.15) is 9.97 Å². The first-order valence-electron chi connectivity index (χ1n) is 5.49. The summed E-state index contributed by atoms with van der Waals surface area (Å²) < 4.78 is 1.43. The Bertz CT molecular complexity index is 432. The molecule has 1 aromatic heterocycles. The zero-order chi connectivity index (χ0) is 16.1. The van der Waals surface area contributed by atoms with E-state index in [0.717, 1.165) is 0 Å². The van der Waals surface area contributed by atoms with E-state index < -0.39 is 7.59 Å². The van der Waals surface area contributed by atoms with Crippen molar-refractivity contribution in [3.8, 4) is 6.01 Å². The molecule has 6 nitrogen and oxygen atoms in total. The van der Waals surface area contributed by atoms with Gasteiger partial charge in [-0.25, -0.2) is 4.98 Å². The summed E-state index contributed by atoms with van der Waals surface area (Å²) in [6, 6.07) is -0.140. The SMILES string of the molecule is OCCNCCOc1nc(C(Cl)(Cl)Cl)nc(C(Cl)(Cl)Cl)n1. The molecule has 0 bridgehead atoms. The number of ether oxygens (including phenoxy) is 1. The molecule has 21 heavy (non-hydrogen) atoms. The number of aliphatic hydroxyl groups is 1. The van der Waals surface area contributed by atoms with E-state index in [1.54, 1.807) is 0 Å². The number of alkyl halides is 6. The Balaban J connectivity index is 2.88. The fourth-order valence-corrected chi connectivity index (χ4v) is 1.60. The van der Waals surface area contributed by atoms with E-state index in [0.29, 0.717) is 13.1 Å². The van der Waals surface area contributed by atoms with Crippen LogP contribution in [0.25, 0.3) is 0 Å². The lowest BCUT2D eigenvalue weighted by Gasteiger charge is -2.15. The average Bonchev–Trinajstić information content (AvgIpc) is 2.36. The number of rotatable bonds is 6. The maximum absolute atomic E-state index is 8.61. The summed E-state index contributed by atoms with van der Waals surface area (Å²) in [5.74, 6) is -0.440. The summed E-state index contributed by atoms with van der Waals surface area (Å²) in [6.45, 7) is 1.08. The Hall–Kier alpha value is 0.470. The third kappa shape index (κ3) is 7.05. The number of halogens is 6. The Morgan fingerprint density at radius 3 is 1.86 bits per heavy atom. The third-order valence-corrected chi connectivity index (χ3v) is 2.93. The van der Waals surface area contributed by atoms with Crippen LogP contribution in [0.15, 0.2) is 0 Å². The smallest absolute Gasteiger partial charge is 0.320 e. The van der Waals surface area contributed by atoms with E-state index in [1.165, 1.54) is 0 Å². The van der Waals surface area contributed by atoms with Crippen LogP contribution in [0, 0.1) is 0 Å². The van der Waals surface area contributed by atoms with Crippen LogP contribution in [0.5, 0.6) is 6.01 Å².